The molecule has 0 aliphatic carbocycles. The maximum absolute atomic E-state index is 13.7. The van der Waals surface area contributed by atoms with Crippen LogP contribution in [0.4, 0.5) is 4.39 Å². The van der Waals surface area contributed by atoms with Gasteiger partial charge < -0.3 is 19.5 Å². The van der Waals surface area contributed by atoms with Gasteiger partial charge in [0.2, 0.25) is 15.9 Å². The summed E-state index contributed by atoms with van der Waals surface area (Å²) in [5.74, 6) is 5.19. The van der Waals surface area contributed by atoms with Crippen molar-refractivity contribution in [3.63, 3.8) is 0 Å². The molecule has 1 saturated heterocycles. The summed E-state index contributed by atoms with van der Waals surface area (Å²) < 4.78 is 54.0. The third kappa shape index (κ3) is 7.19. The summed E-state index contributed by atoms with van der Waals surface area (Å²) in [6.45, 7) is 6.35. The van der Waals surface area contributed by atoms with E-state index in [9.17, 15) is 22.7 Å². The normalized spacial score (nSPS) is 22.0. The van der Waals surface area contributed by atoms with Gasteiger partial charge in [-0.2, -0.15) is 4.31 Å². The fourth-order valence-electron chi connectivity index (χ4n) is 4.67. The van der Waals surface area contributed by atoms with Crippen molar-refractivity contribution in [2.24, 2.45) is 5.92 Å². The number of halogens is 1. The first-order chi connectivity index (χ1) is 19.1. The van der Waals surface area contributed by atoms with Gasteiger partial charge in [0.15, 0.2) is 0 Å². The van der Waals surface area contributed by atoms with E-state index in [-0.39, 0.29) is 48.7 Å². The third-order valence-electron chi connectivity index (χ3n) is 7.19. The summed E-state index contributed by atoms with van der Waals surface area (Å²) in [6.07, 6.45) is -0.535. The molecule has 4 rings (SSSR count). The number of morpholine rings is 1. The lowest BCUT2D eigenvalue weighted by Gasteiger charge is -2.38. The first-order valence-electron chi connectivity index (χ1n) is 13.3. The van der Waals surface area contributed by atoms with Gasteiger partial charge in [-0.05, 0) is 43.3 Å². The Morgan fingerprint density at radius 3 is 2.55 bits per heavy atom. The molecule has 1 N–H and O–H groups in total. The number of aliphatic hydroxyl groups excluding tert-OH is 1. The Morgan fingerprint density at radius 2 is 1.88 bits per heavy atom. The first-order valence-corrected chi connectivity index (χ1v) is 14.8. The second-order valence-corrected chi connectivity index (χ2v) is 12.2. The maximum atomic E-state index is 13.7. The average molecular weight is 574 g/mol. The molecule has 2 aromatic carbocycles. The summed E-state index contributed by atoms with van der Waals surface area (Å²) in [5.41, 5.74) is 0.971. The van der Waals surface area contributed by atoms with E-state index in [2.05, 4.69) is 11.8 Å². The number of rotatable bonds is 6. The SMILES string of the molecule is C[C@@H]1CN([C@@H](C)CO)S(=O)(=O)c2ccc(C#Cc3cccc(F)c3)cc2O[C@@H]1CN(C)C(=O)CN1CCOCC1. The van der Waals surface area contributed by atoms with Crippen LogP contribution in [0.25, 0.3) is 0 Å². The third-order valence-corrected chi connectivity index (χ3v) is 9.20. The van der Waals surface area contributed by atoms with Crippen LogP contribution in [0, 0.1) is 23.6 Å². The molecule has 2 aliphatic rings. The number of aliphatic hydroxyl groups is 1. The summed E-state index contributed by atoms with van der Waals surface area (Å²) in [7, 11) is -2.30. The molecule has 2 aliphatic heterocycles. The van der Waals surface area contributed by atoms with Gasteiger partial charge in [-0.1, -0.05) is 24.8 Å². The van der Waals surface area contributed by atoms with E-state index in [4.69, 9.17) is 9.47 Å². The fraction of sp³-hybridized carbons (Fsp3) is 0.483. The number of fused-ring (bicyclic) bond motifs is 1. The predicted octanol–water partition coefficient (Wildman–Crippen LogP) is 1.78. The van der Waals surface area contributed by atoms with Crippen LogP contribution < -0.4 is 4.74 Å². The monoisotopic (exact) mass is 573 g/mol. The van der Waals surface area contributed by atoms with E-state index in [0.29, 0.717) is 37.4 Å². The van der Waals surface area contributed by atoms with Crippen LogP contribution in [0.2, 0.25) is 0 Å². The maximum Gasteiger partial charge on any atom is 0.247 e. The smallest absolute Gasteiger partial charge is 0.247 e. The number of carbonyl (C=O) groups excluding carboxylic acids is 1. The number of likely N-dealkylation sites (N-methyl/N-ethyl adjacent to an activating group) is 1. The van der Waals surface area contributed by atoms with E-state index in [1.807, 2.05) is 11.8 Å². The van der Waals surface area contributed by atoms with Gasteiger partial charge in [0.05, 0.1) is 32.9 Å². The van der Waals surface area contributed by atoms with E-state index in [1.54, 1.807) is 43.1 Å². The Kier molecular flexibility index (Phi) is 9.81. The van der Waals surface area contributed by atoms with Crippen molar-refractivity contribution in [2.45, 2.75) is 30.9 Å². The molecular formula is C29H36FN3O6S. The number of hydrogen-bond donors (Lipinski definition) is 1. The second kappa shape index (κ2) is 13.1. The van der Waals surface area contributed by atoms with Crippen LogP contribution in [0.1, 0.15) is 25.0 Å². The lowest BCUT2D eigenvalue weighted by Crippen LogP contribution is -2.51. The lowest BCUT2D eigenvalue weighted by molar-refractivity contribution is -0.133. The minimum absolute atomic E-state index is 0.0386. The average Bonchev–Trinajstić information content (AvgIpc) is 2.93. The van der Waals surface area contributed by atoms with Crippen LogP contribution in [-0.2, 0) is 19.6 Å². The van der Waals surface area contributed by atoms with Crippen LogP contribution >= 0.6 is 0 Å². The number of amides is 1. The number of sulfonamides is 1. The Bertz CT molecular complexity index is 1370. The molecule has 9 nitrogen and oxygen atoms in total. The first kappa shape index (κ1) is 30.0. The van der Waals surface area contributed by atoms with Crippen molar-refractivity contribution in [2.75, 3.05) is 59.6 Å². The van der Waals surface area contributed by atoms with Gasteiger partial charge in [0, 0.05) is 49.8 Å². The highest BCUT2D eigenvalue weighted by molar-refractivity contribution is 7.89. The highest BCUT2D eigenvalue weighted by Crippen LogP contribution is 2.34. The molecule has 0 unspecified atom stereocenters. The molecule has 1 amide bonds. The minimum Gasteiger partial charge on any atom is -0.487 e. The van der Waals surface area contributed by atoms with Crippen LogP contribution in [0.3, 0.4) is 0 Å². The zero-order valence-corrected chi connectivity index (χ0v) is 23.9. The van der Waals surface area contributed by atoms with Crippen molar-refractivity contribution < 1.29 is 32.2 Å². The highest BCUT2D eigenvalue weighted by Gasteiger charge is 2.38. The number of benzene rings is 2. The topological polar surface area (TPSA) is 99.6 Å². The lowest BCUT2D eigenvalue weighted by atomic mass is 10.0. The molecule has 0 saturated carbocycles. The minimum atomic E-state index is -4.01. The summed E-state index contributed by atoms with van der Waals surface area (Å²) in [4.78, 5) is 16.6. The molecule has 216 valence electrons. The number of ether oxygens (including phenoxy) is 2. The molecule has 3 atom stereocenters. The van der Waals surface area contributed by atoms with Crippen molar-refractivity contribution in [3.05, 3.63) is 59.4 Å². The predicted molar refractivity (Wildman–Crippen MR) is 148 cm³/mol. The zero-order chi connectivity index (χ0) is 28.9. The van der Waals surface area contributed by atoms with Gasteiger partial charge in [-0.3, -0.25) is 9.69 Å². The van der Waals surface area contributed by atoms with Crippen molar-refractivity contribution in [1.29, 1.82) is 0 Å². The van der Waals surface area contributed by atoms with Gasteiger partial charge in [0.1, 0.15) is 22.6 Å². The van der Waals surface area contributed by atoms with E-state index >= 15 is 0 Å². The van der Waals surface area contributed by atoms with E-state index < -0.39 is 28.0 Å². The van der Waals surface area contributed by atoms with E-state index in [1.165, 1.54) is 22.5 Å². The zero-order valence-electron chi connectivity index (χ0n) is 23.0. The summed E-state index contributed by atoms with van der Waals surface area (Å²) in [5, 5.41) is 9.85. The molecule has 0 spiro atoms. The number of carbonyl (C=O) groups is 1. The Morgan fingerprint density at radius 1 is 1.18 bits per heavy atom. The molecule has 0 radical (unpaired) electrons. The van der Waals surface area contributed by atoms with Crippen molar-refractivity contribution in [3.8, 4) is 17.6 Å². The molecule has 0 bridgehead atoms. The Balaban J connectivity index is 1.65. The highest BCUT2D eigenvalue weighted by atomic mass is 32.2. The van der Waals surface area contributed by atoms with Crippen molar-refractivity contribution in [1.82, 2.24) is 14.1 Å². The molecule has 11 heteroatoms. The Labute approximate surface area is 235 Å². The van der Waals surface area contributed by atoms with Crippen LogP contribution in [-0.4, -0.2) is 105 Å². The van der Waals surface area contributed by atoms with Gasteiger partial charge in [-0.15, -0.1) is 0 Å². The van der Waals surface area contributed by atoms with Crippen molar-refractivity contribution >= 4 is 15.9 Å². The largest absolute Gasteiger partial charge is 0.487 e. The molecule has 2 heterocycles. The molecule has 40 heavy (non-hydrogen) atoms. The Hall–Kier alpha value is -3.01. The molecule has 0 aromatic heterocycles. The number of nitrogens with zero attached hydrogens (tertiary/aromatic N) is 3. The molecular weight excluding hydrogens is 537 g/mol. The van der Waals surface area contributed by atoms with Gasteiger partial charge in [0.25, 0.3) is 0 Å². The molecule has 2 aromatic rings. The quantitative estimate of drug-likeness (QED) is 0.526. The molecule has 1 fully saturated rings. The van der Waals surface area contributed by atoms with Crippen LogP contribution in [0.15, 0.2) is 47.4 Å². The second-order valence-electron chi connectivity index (χ2n) is 10.3. The summed E-state index contributed by atoms with van der Waals surface area (Å²) in [6, 6.07) is 9.81. The van der Waals surface area contributed by atoms with Gasteiger partial charge in [-0.25, -0.2) is 12.8 Å². The fourth-order valence-corrected chi connectivity index (χ4v) is 6.50. The van der Waals surface area contributed by atoms with E-state index in [0.717, 1.165) is 0 Å². The standard InChI is InChI=1S/C29H36FN3O6S/c1-21-17-33(22(2)20-34)40(36,37)28-10-9-24(8-7-23-5-4-6-25(30)15-23)16-26(28)39-27(21)18-31(3)29(35)19-32-11-13-38-14-12-32/h4-6,9-10,15-16,21-22,27,34H,11-14,17-20H2,1-3H3/t21-,22+,27-/m1/s1. The summed E-state index contributed by atoms with van der Waals surface area (Å²) >= 11 is 0. The van der Waals surface area contributed by atoms with Crippen LogP contribution in [0.5, 0.6) is 5.75 Å². The number of hydrogen-bond acceptors (Lipinski definition) is 7. The van der Waals surface area contributed by atoms with Gasteiger partial charge >= 0.3 is 0 Å².